The van der Waals surface area contributed by atoms with Crippen molar-refractivity contribution in [2.45, 2.75) is 37.0 Å². The number of ether oxygens (including phenoxy) is 1. The van der Waals surface area contributed by atoms with Crippen LogP contribution in [0.4, 0.5) is 8.78 Å². The molecule has 2 aliphatic rings. The number of sulfone groups is 1. The zero-order chi connectivity index (χ0) is 17.5. The number of benzene rings is 1. The van der Waals surface area contributed by atoms with Crippen molar-refractivity contribution in [3.05, 3.63) is 34.9 Å². The first-order valence-electron chi connectivity index (χ1n) is 7.88. The van der Waals surface area contributed by atoms with Crippen molar-refractivity contribution in [3.8, 4) is 0 Å². The summed E-state index contributed by atoms with van der Waals surface area (Å²) in [5.41, 5.74) is 1.12. The summed E-state index contributed by atoms with van der Waals surface area (Å²) in [7, 11) is -4.01. The van der Waals surface area contributed by atoms with Crippen molar-refractivity contribution in [2.24, 2.45) is 5.92 Å². The van der Waals surface area contributed by atoms with Gasteiger partial charge >= 0.3 is 5.97 Å². The molecule has 1 aromatic rings. The molecule has 1 fully saturated rings. The van der Waals surface area contributed by atoms with Crippen molar-refractivity contribution in [1.82, 2.24) is 0 Å². The third-order valence-electron chi connectivity index (χ3n) is 4.62. The molecule has 130 valence electrons. The molecule has 4 nitrogen and oxygen atoms in total. The van der Waals surface area contributed by atoms with Crippen LogP contribution >= 0.6 is 0 Å². The third kappa shape index (κ3) is 3.09. The van der Waals surface area contributed by atoms with Crippen LogP contribution in [0.25, 0.3) is 5.57 Å². The van der Waals surface area contributed by atoms with Crippen molar-refractivity contribution < 1.29 is 26.7 Å². The summed E-state index contributed by atoms with van der Waals surface area (Å²) < 4.78 is 56.4. The smallest absolute Gasteiger partial charge is 0.335 e. The summed E-state index contributed by atoms with van der Waals surface area (Å²) in [5.74, 6) is -2.71. The molecule has 7 heteroatoms. The van der Waals surface area contributed by atoms with Crippen LogP contribution in [0.1, 0.15) is 37.7 Å². The molecule has 1 heterocycles. The molecule has 1 aromatic carbocycles. The number of esters is 1. The fraction of sp³-hybridized carbons (Fsp3) is 0.471. The Hall–Kier alpha value is -1.76. The first kappa shape index (κ1) is 17.1. The Labute approximate surface area is 139 Å². The van der Waals surface area contributed by atoms with Gasteiger partial charge in [-0.25, -0.2) is 22.0 Å². The number of hydrogen-bond acceptors (Lipinski definition) is 4. The zero-order valence-electron chi connectivity index (χ0n) is 13.3. The number of carbonyl (C=O) groups excluding carboxylic acids is 1. The van der Waals surface area contributed by atoms with Crippen LogP contribution in [0.15, 0.2) is 22.6 Å². The maximum atomic E-state index is 14.2. The van der Waals surface area contributed by atoms with E-state index >= 15 is 0 Å². The highest BCUT2D eigenvalue weighted by atomic mass is 32.2. The lowest BCUT2D eigenvalue weighted by atomic mass is 9.81. The molecule has 1 aliphatic heterocycles. The van der Waals surface area contributed by atoms with Crippen LogP contribution in [0.2, 0.25) is 0 Å². The van der Waals surface area contributed by atoms with E-state index in [4.69, 9.17) is 4.74 Å². The quantitative estimate of drug-likeness (QED) is 0.780. The topological polar surface area (TPSA) is 60.4 Å². The molecule has 0 spiro atoms. The minimum absolute atomic E-state index is 0.0319. The number of halogens is 2. The van der Waals surface area contributed by atoms with E-state index in [1.165, 1.54) is 0 Å². The van der Waals surface area contributed by atoms with E-state index in [1.807, 2.05) is 0 Å². The molecule has 3 rings (SSSR count). The highest BCUT2D eigenvalue weighted by Crippen LogP contribution is 2.38. The van der Waals surface area contributed by atoms with E-state index in [9.17, 15) is 22.0 Å². The molecule has 0 amide bonds. The second-order valence-electron chi connectivity index (χ2n) is 6.34. The predicted octanol–water partition coefficient (Wildman–Crippen LogP) is 3.26. The van der Waals surface area contributed by atoms with Gasteiger partial charge in [-0.2, -0.15) is 0 Å². The Morgan fingerprint density at radius 1 is 1.08 bits per heavy atom. The summed E-state index contributed by atoms with van der Waals surface area (Å²) in [6.45, 7) is -0.0399. The van der Waals surface area contributed by atoms with Gasteiger partial charge in [0.2, 0.25) is 0 Å². The molecule has 1 aliphatic carbocycles. The summed E-state index contributed by atoms with van der Waals surface area (Å²) in [5, 5.41) is 0. The average molecular weight is 356 g/mol. The van der Waals surface area contributed by atoms with E-state index in [2.05, 4.69) is 0 Å². The number of carbonyl (C=O) groups is 1. The largest absolute Gasteiger partial charge is 0.457 e. The molecule has 0 N–H and O–H groups in total. The summed E-state index contributed by atoms with van der Waals surface area (Å²) in [4.78, 5) is 11.1. The Morgan fingerprint density at radius 3 is 2.21 bits per heavy atom. The number of rotatable bonds is 3. The van der Waals surface area contributed by atoms with Gasteiger partial charge in [0.05, 0.1) is 0 Å². The standard InChI is InChI=1S/C17H18F2O4S/c1-24(21,22)16-13(18)7-11(8-14(16)19)12-9-23-17(20)15(12)10-5-3-2-4-6-10/h7-8,10H,2-6,9H2,1H3. The SMILES string of the molecule is CS(=O)(=O)c1c(F)cc(C2=C(C3CCCCC3)C(=O)OC2)cc1F. The molecule has 1 saturated carbocycles. The van der Waals surface area contributed by atoms with Crippen molar-refractivity contribution in [2.75, 3.05) is 12.9 Å². The molecule has 0 radical (unpaired) electrons. The highest BCUT2D eigenvalue weighted by molar-refractivity contribution is 7.90. The van der Waals surface area contributed by atoms with Crippen LogP contribution in [-0.2, 0) is 19.4 Å². The van der Waals surface area contributed by atoms with Gasteiger partial charge in [0.15, 0.2) is 9.84 Å². The van der Waals surface area contributed by atoms with Crippen molar-refractivity contribution in [3.63, 3.8) is 0 Å². The first-order chi connectivity index (χ1) is 11.3. The maximum absolute atomic E-state index is 14.2. The van der Waals surface area contributed by atoms with E-state index in [0.29, 0.717) is 11.1 Å². The third-order valence-corrected chi connectivity index (χ3v) is 5.76. The lowest BCUT2D eigenvalue weighted by Gasteiger charge is -2.22. The van der Waals surface area contributed by atoms with E-state index in [-0.39, 0.29) is 18.1 Å². The Morgan fingerprint density at radius 2 is 1.67 bits per heavy atom. The summed E-state index contributed by atoms with van der Waals surface area (Å²) in [6.07, 6.45) is 5.57. The second-order valence-corrected chi connectivity index (χ2v) is 8.30. The normalized spacial score (nSPS) is 19.7. The molecule has 24 heavy (non-hydrogen) atoms. The lowest BCUT2D eigenvalue weighted by Crippen LogP contribution is -2.15. The van der Waals surface area contributed by atoms with Gasteiger partial charge in [0, 0.05) is 17.4 Å². The van der Waals surface area contributed by atoms with Gasteiger partial charge in [-0.1, -0.05) is 19.3 Å². The van der Waals surface area contributed by atoms with Crippen LogP contribution < -0.4 is 0 Å². The number of cyclic esters (lactones) is 1. The molecule has 0 saturated heterocycles. The first-order valence-corrected chi connectivity index (χ1v) is 9.78. The number of hydrogen-bond donors (Lipinski definition) is 0. The van der Waals surface area contributed by atoms with Crippen LogP contribution in [0, 0.1) is 17.6 Å². The van der Waals surface area contributed by atoms with E-state index in [0.717, 1.165) is 50.5 Å². The maximum Gasteiger partial charge on any atom is 0.335 e. The van der Waals surface area contributed by atoms with Gasteiger partial charge in [0.1, 0.15) is 23.1 Å². The van der Waals surface area contributed by atoms with Crippen molar-refractivity contribution >= 4 is 21.4 Å². The minimum Gasteiger partial charge on any atom is -0.457 e. The monoisotopic (exact) mass is 356 g/mol. The van der Waals surface area contributed by atoms with Gasteiger partial charge in [-0.15, -0.1) is 0 Å². The molecule has 0 aromatic heterocycles. The molecule has 0 atom stereocenters. The van der Waals surface area contributed by atoms with Gasteiger partial charge in [-0.05, 0) is 36.5 Å². The highest BCUT2D eigenvalue weighted by Gasteiger charge is 2.33. The zero-order valence-corrected chi connectivity index (χ0v) is 14.1. The lowest BCUT2D eigenvalue weighted by molar-refractivity contribution is -0.136. The van der Waals surface area contributed by atoms with Crippen LogP contribution in [-0.4, -0.2) is 27.2 Å². The van der Waals surface area contributed by atoms with E-state index < -0.39 is 32.3 Å². The fourth-order valence-corrected chi connectivity index (χ4v) is 4.37. The Kier molecular flexibility index (Phi) is 4.46. The van der Waals surface area contributed by atoms with Crippen LogP contribution in [0.5, 0.6) is 0 Å². The van der Waals surface area contributed by atoms with Gasteiger partial charge in [0.25, 0.3) is 0 Å². The minimum atomic E-state index is -4.01. The van der Waals surface area contributed by atoms with Gasteiger partial charge in [-0.3, -0.25) is 0 Å². The molecular weight excluding hydrogens is 338 g/mol. The summed E-state index contributed by atoms with van der Waals surface area (Å²) >= 11 is 0. The average Bonchev–Trinajstić information content (AvgIpc) is 2.87. The molecular formula is C17H18F2O4S. The Bertz CT molecular complexity index is 798. The molecule has 0 unspecified atom stereocenters. The van der Waals surface area contributed by atoms with Crippen LogP contribution in [0.3, 0.4) is 0 Å². The van der Waals surface area contributed by atoms with Gasteiger partial charge < -0.3 is 4.74 Å². The Balaban J connectivity index is 2.09. The molecule has 0 bridgehead atoms. The predicted molar refractivity (Wildman–Crippen MR) is 83.9 cm³/mol. The fourth-order valence-electron chi connectivity index (χ4n) is 3.55. The second kappa shape index (κ2) is 6.27. The van der Waals surface area contributed by atoms with E-state index in [1.54, 1.807) is 0 Å². The summed E-state index contributed by atoms with van der Waals surface area (Å²) in [6, 6.07) is 1.94. The van der Waals surface area contributed by atoms with Crippen molar-refractivity contribution in [1.29, 1.82) is 0 Å².